The zero-order valence-corrected chi connectivity index (χ0v) is 19.7. The van der Waals surface area contributed by atoms with Crippen LogP contribution >= 0.6 is 0 Å². The number of aromatic nitrogens is 1. The Kier molecular flexibility index (Phi) is 6.18. The number of aryl methyl sites for hydroxylation is 1. The largest absolute Gasteiger partial charge is 0.493 e. The molecule has 5 rings (SSSR count). The average Bonchev–Trinajstić information content (AvgIpc) is 3.72. The van der Waals surface area contributed by atoms with Gasteiger partial charge >= 0.3 is 0 Å². The number of nitrogens with zero attached hydrogens (tertiary/aromatic N) is 3. The fraction of sp³-hybridized carbons (Fsp3) is 0.667. The van der Waals surface area contributed by atoms with Crippen molar-refractivity contribution in [2.75, 3.05) is 40.3 Å². The van der Waals surface area contributed by atoms with Crippen molar-refractivity contribution in [2.24, 2.45) is 17.3 Å². The monoisotopic (exact) mass is 435 g/mol. The molecule has 2 heterocycles. The lowest BCUT2D eigenvalue weighted by molar-refractivity contribution is 0.162. The van der Waals surface area contributed by atoms with E-state index in [9.17, 15) is 0 Å². The molecular weight excluding hydrogens is 398 g/mol. The maximum Gasteiger partial charge on any atom is 0.175 e. The van der Waals surface area contributed by atoms with E-state index in [0.717, 1.165) is 65.9 Å². The molecule has 2 aliphatic carbocycles. The number of hydrogen-bond acceptors (Lipinski definition) is 5. The molecule has 0 spiro atoms. The van der Waals surface area contributed by atoms with Gasteiger partial charge in [0.15, 0.2) is 5.58 Å². The molecule has 3 fully saturated rings. The minimum Gasteiger partial charge on any atom is -0.493 e. The molecule has 0 amide bonds. The third-order valence-electron chi connectivity index (χ3n) is 7.60. The van der Waals surface area contributed by atoms with Crippen molar-refractivity contribution in [2.45, 2.75) is 57.9 Å². The van der Waals surface area contributed by atoms with E-state index in [1.54, 1.807) is 0 Å². The van der Waals surface area contributed by atoms with Crippen molar-refractivity contribution in [3.63, 3.8) is 0 Å². The highest BCUT2D eigenvalue weighted by Crippen LogP contribution is 2.46. The number of benzene rings is 1. The van der Waals surface area contributed by atoms with E-state index in [1.807, 2.05) is 0 Å². The van der Waals surface area contributed by atoms with Crippen LogP contribution in [-0.2, 0) is 13.0 Å². The van der Waals surface area contributed by atoms with E-state index >= 15 is 0 Å². The summed E-state index contributed by atoms with van der Waals surface area (Å²) in [7, 11) is 4.17. The van der Waals surface area contributed by atoms with Gasteiger partial charge in [0.2, 0.25) is 0 Å². The number of likely N-dealkylation sites (tertiary alicyclic amines) is 1. The lowest BCUT2D eigenvalue weighted by Crippen LogP contribution is -2.37. The molecule has 0 unspecified atom stereocenters. The molecule has 2 aromatic rings. The summed E-state index contributed by atoms with van der Waals surface area (Å²) in [5.41, 5.74) is 3.34. The lowest BCUT2D eigenvalue weighted by atomic mass is 9.90. The summed E-state index contributed by atoms with van der Waals surface area (Å²) < 4.78 is 12.1. The lowest BCUT2D eigenvalue weighted by Gasteiger charge is -2.33. The summed E-state index contributed by atoms with van der Waals surface area (Å²) in [5, 5.41) is 5.65. The first kappa shape index (κ1) is 21.8. The normalized spacial score (nSPS) is 21.2. The zero-order chi connectivity index (χ0) is 22.1. The Balaban J connectivity index is 1.20. The van der Waals surface area contributed by atoms with E-state index in [2.05, 4.69) is 47.1 Å². The minimum atomic E-state index is 0.206. The number of hydrogen-bond donors (Lipinski definition) is 0. The first-order valence-electron chi connectivity index (χ1n) is 12.4. The third kappa shape index (κ3) is 4.97. The van der Waals surface area contributed by atoms with Crippen molar-refractivity contribution in [1.29, 1.82) is 0 Å². The van der Waals surface area contributed by atoms with E-state index < -0.39 is 0 Å². The van der Waals surface area contributed by atoms with Crippen LogP contribution < -0.4 is 4.74 Å². The van der Waals surface area contributed by atoms with E-state index in [1.165, 1.54) is 58.0 Å². The molecule has 0 N–H and O–H groups in total. The second-order valence-corrected chi connectivity index (χ2v) is 10.7. The maximum atomic E-state index is 6.16. The Labute approximate surface area is 192 Å². The van der Waals surface area contributed by atoms with Crippen molar-refractivity contribution in [1.82, 2.24) is 15.0 Å². The molecule has 0 atom stereocenters. The first-order chi connectivity index (χ1) is 15.5. The van der Waals surface area contributed by atoms with Crippen molar-refractivity contribution < 1.29 is 9.26 Å². The predicted octanol–water partition coefficient (Wildman–Crippen LogP) is 4.74. The van der Waals surface area contributed by atoms with Crippen LogP contribution in [0.4, 0.5) is 0 Å². The molecular formula is C27H37N3O2. The molecule has 5 heteroatoms. The number of piperidine rings is 1. The molecule has 172 valence electrons. The Morgan fingerprint density at radius 2 is 1.97 bits per heavy atom. The van der Waals surface area contributed by atoms with Crippen molar-refractivity contribution in [3.8, 4) is 18.1 Å². The molecule has 32 heavy (non-hydrogen) atoms. The summed E-state index contributed by atoms with van der Waals surface area (Å²) in [4.78, 5) is 4.76. The molecule has 1 saturated heterocycles. The highest BCUT2D eigenvalue weighted by Gasteiger charge is 2.42. The fourth-order valence-corrected chi connectivity index (χ4v) is 5.07. The fourth-order valence-electron chi connectivity index (χ4n) is 5.07. The van der Waals surface area contributed by atoms with Gasteiger partial charge in [0.1, 0.15) is 5.75 Å². The maximum absolute atomic E-state index is 6.16. The quantitative estimate of drug-likeness (QED) is 0.505. The van der Waals surface area contributed by atoms with Crippen LogP contribution in [0.2, 0.25) is 0 Å². The summed E-state index contributed by atoms with van der Waals surface area (Å²) in [5.74, 6) is 5.49. The number of fused-ring (bicyclic) bond motifs is 1. The second kappa shape index (κ2) is 9.08. The molecule has 5 nitrogen and oxygen atoms in total. The highest BCUT2D eigenvalue weighted by atomic mass is 16.5. The summed E-state index contributed by atoms with van der Waals surface area (Å²) in [6, 6.07) is 4.28. The molecule has 0 bridgehead atoms. The Morgan fingerprint density at radius 1 is 1.19 bits per heavy atom. The Hall–Kier alpha value is -2.03. The van der Waals surface area contributed by atoms with Gasteiger partial charge in [-0.15, -0.1) is 6.42 Å². The number of rotatable bonds is 10. The van der Waals surface area contributed by atoms with Crippen LogP contribution in [0.15, 0.2) is 16.7 Å². The van der Waals surface area contributed by atoms with E-state index in [-0.39, 0.29) is 5.41 Å². The predicted molar refractivity (Wildman–Crippen MR) is 128 cm³/mol. The number of terminal acetylenes is 1. The molecule has 0 radical (unpaired) electrons. The Bertz CT molecular complexity index is 973. The van der Waals surface area contributed by atoms with Gasteiger partial charge < -0.3 is 19.1 Å². The summed E-state index contributed by atoms with van der Waals surface area (Å²) >= 11 is 0. The van der Waals surface area contributed by atoms with Gasteiger partial charge in [0.05, 0.1) is 17.9 Å². The van der Waals surface area contributed by atoms with Crippen LogP contribution in [0, 0.1) is 29.6 Å². The van der Waals surface area contributed by atoms with E-state index in [0.29, 0.717) is 0 Å². The van der Waals surface area contributed by atoms with E-state index in [4.69, 9.17) is 15.7 Å². The average molecular weight is 436 g/mol. The van der Waals surface area contributed by atoms with Crippen molar-refractivity contribution >= 4 is 11.0 Å². The van der Waals surface area contributed by atoms with Crippen LogP contribution in [0.5, 0.6) is 5.75 Å². The van der Waals surface area contributed by atoms with Crippen LogP contribution in [0.1, 0.15) is 56.2 Å². The summed E-state index contributed by atoms with van der Waals surface area (Å²) in [6.45, 7) is 5.08. The number of ether oxygens (including phenoxy) is 1. The van der Waals surface area contributed by atoms with Gasteiger partial charge in [0.25, 0.3) is 0 Å². The third-order valence-corrected chi connectivity index (χ3v) is 7.60. The second-order valence-electron chi connectivity index (χ2n) is 10.7. The van der Waals surface area contributed by atoms with Gasteiger partial charge in [-0.2, -0.15) is 0 Å². The van der Waals surface area contributed by atoms with Gasteiger partial charge in [0, 0.05) is 23.9 Å². The molecule has 1 aliphatic heterocycles. The topological polar surface area (TPSA) is 41.7 Å². The van der Waals surface area contributed by atoms with Gasteiger partial charge in [-0.3, -0.25) is 0 Å². The van der Waals surface area contributed by atoms with Crippen LogP contribution in [-0.4, -0.2) is 55.3 Å². The van der Waals surface area contributed by atoms with Crippen LogP contribution in [0.3, 0.4) is 0 Å². The van der Waals surface area contributed by atoms with Gasteiger partial charge in [-0.05, 0) is 103 Å². The smallest absolute Gasteiger partial charge is 0.175 e. The minimum absolute atomic E-state index is 0.206. The molecule has 2 saturated carbocycles. The van der Waals surface area contributed by atoms with Crippen molar-refractivity contribution in [3.05, 3.63) is 23.4 Å². The van der Waals surface area contributed by atoms with Gasteiger partial charge in [-0.1, -0.05) is 11.1 Å². The molecule has 1 aromatic carbocycles. The highest BCUT2D eigenvalue weighted by molar-refractivity contribution is 5.84. The SMILES string of the molecule is C#CC1(CN2CCC(CCc3noc4c(CN(C)C)c(OCC5CC5)ccc34)CC2)CC1. The Morgan fingerprint density at radius 3 is 2.62 bits per heavy atom. The van der Waals surface area contributed by atoms with Gasteiger partial charge in [-0.25, -0.2) is 0 Å². The molecule has 1 aromatic heterocycles. The zero-order valence-electron chi connectivity index (χ0n) is 19.7. The first-order valence-corrected chi connectivity index (χ1v) is 12.4. The summed E-state index contributed by atoms with van der Waals surface area (Å²) in [6.07, 6.45) is 15.4. The van der Waals surface area contributed by atoms with Crippen LogP contribution in [0.25, 0.3) is 11.0 Å². The standard InChI is InChI=1S/C27H37N3O2/c1-4-27(13-14-27)19-30-15-11-20(12-16-30)7-9-24-22-8-10-25(31-18-21-5-6-21)23(17-29(2)3)26(22)32-28-24/h1,8,10,20-21H,5-7,9,11-19H2,2-3H3. The molecule has 3 aliphatic rings.